The molecule has 1 atom stereocenters. The van der Waals surface area contributed by atoms with E-state index in [0.717, 1.165) is 0 Å². The molecule has 0 radical (unpaired) electrons. The van der Waals surface area contributed by atoms with Crippen LogP contribution in [0.15, 0.2) is 0 Å². The molecule has 0 aliphatic carbocycles. The van der Waals surface area contributed by atoms with Gasteiger partial charge in [0.1, 0.15) is 0 Å². The first-order valence-corrected chi connectivity index (χ1v) is 10.7. The second kappa shape index (κ2) is 5.20. The van der Waals surface area contributed by atoms with Gasteiger partial charge < -0.3 is 9.16 Å². The van der Waals surface area contributed by atoms with E-state index in [1.54, 1.807) is 7.05 Å². The van der Waals surface area contributed by atoms with Crippen LogP contribution in [0.1, 0.15) is 20.8 Å². The zero-order valence-corrected chi connectivity index (χ0v) is 14.0. The summed E-state index contributed by atoms with van der Waals surface area (Å²) in [6.07, 6.45) is -0.160. The van der Waals surface area contributed by atoms with E-state index in [0.29, 0.717) is 13.2 Å². The van der Waals surface area contributed by atoms with Crippen LogP contribution in [0.2, 0.25) is 18.1 Å². The molecule has 0 aromatic carbocycles. The maximum atomic E-state index is 11.5. The molecular formula is C11H25NO4SSi. The zero-order chi connectivity index (χ0) is 14.2. The number of ether oxygens (including phenoxy) is 1. The lowest BCUT2D eigenvalue weighted by Gasteiger charge is -2.38. The minimum Gasteiger partial charge on any atom is -0.414 e. The van der Waals surface area contributed by atoms with Crippen LogP contribution in [-0.2, 0) is 19.2 Å². The first-order valence-electron chi connectivity index (χ1n) is 6.15. The Balaban J connectivity index is 2.52. The lowest BCUT2D eigenvalue weighted by atomic mass is 10.2. The number of rotatable bonds is 3. The summed E-state index contributed by atoms with van der Waals surface area (Å²) in [7, 11) is -3.42. The second-order valence-electron chi connectivity index (χ2n) is 6.37. The van der Waals surface area contributed by atoms with Crippen LogP contribution in [0.4, 0.5) is 0 Å². The summed E-state index contributed by atoms with van der Waals surface area (Å²) in [6.45, 7) is 11.7. The van der Waals surface area contributed by atoms with Gasteiger partial charge in [0, 0.05) is 13.6 Å². The van der Waals surface area contributed by atoms with Gasteiger partial charge in [0.2, 0.25) is 10.0 Å². The van der Waals surface area contributed by atoms with Crippen molar-refractivity contribution >= 4 is 18.3 Å². The van der Waals surface area contributed by atoms with Crippen molar-refractivity contribution in [2.24, 2.45) is 0 Å². The summed E-state index contributed by atoms with van der Waals surface area (Å²) in [4.78, 5) is 0. The number of likely N-dealkylation sites (N-methyl/N-ethyl adjacent to an activating group) is 1. The highest BCUT2D eigenvalue weighted by atomic mass is 32.2. The molecule has 18 heavy (non-hydrogen) atoms. The Morgan fingerprint density at radius 3 is 2.39 bits per heavy atom. The Morgan fingerprint density at radius 1 is 1.39 bits per heavy atom. The lowest BCUT2D eigenvalue weighted by molar-refractivity contribution is 0.0165. The van der Waals surface area contributed by atoms with E-state index in [-0.39, 0.29) is 17.1 Å². The third kappa shape index (κ3) is 3.77. The van der Waals surface area contributed by atoms with Crippen molar-refractivity contribution in [3.8, 4) is 0 Å². The molecule has 1 rings (SSSR count). The molecular weight excluding hydrogens is 270 g/mol. The van der Waals surface area contributed by atoms with Gasteiger partial charge in [0.15, 0.2) is 14.3 Å². The Bertz CT molecular complexity index is 388. The van der Waals surface area contributed by atoms with Crippen molar-refractivity contribution in [1.82, 2.24) is 4.31 Å². The smallest absolute Gasteiger partial charge is 0.238 e. The zero-order valence-electron chi connectivity index (χ0n) is 12.2. The molecule has 1 unspecified atom stereocenters. The molecule has 1 fully saturated rings. The van der Waals surface area contributed by atoms with Gasteiger partial charge in [-0.05, 0) is 18.1 Å². The predicted octanol–water partition coefficient (Wildman–Crippen LogP) is 1.63. The van der Waals surface area contributed by atoms with Crippen molar-refractivity contribution in [3.63, 3.8) is 0 Å². The van der Waals surface area contributed by atoms with Gasteiger partial charge in [0.05, 0.1) is 12.7 Å². The van der Waals surface area contributed by atoms with E-state index < -0.39 is 18.3 Å². The van der Waals surface area contributed by atoms with Crippen LogP contribution in [0, 0.1) is 0 Å². The van der Waals surface area contributed by atoms with Crippen molar-refractivity contribution < 1.29 is 17.6 Å². The van der Waals surface area contributed by atoms with Gasteiger partial charge in [-0.25, -0.2) is 12.7 Å². The van der Waals surface area contributed by atoms with E-state index in [2.05, 4.69) is 33.9 Å². The molecule has 1 aliphatic heterocycles. The van der Waals surface area contributed by atoms with Gasteiger partial charge in [-0.3, -0.25) is 0 Å². The Hall–Kier alpha value is 0.0469. The molecule has 108 valence electrons. The number of hydrogen-bond donors (Lipinski definition) is 0. The van der Waals surface area contributed by atoms with Crippen LogP contribution in [0.3, 0.4) is 0 Å². The van der Waals surface area contributed by atoms with Gasteiger partial charge in [-0.15, -0.1) is 0 Å². The quantitative estimate of drug-likeness (QED) is 0.743. The lowest BCUT2D eigenvalue weighted by Crippen LogP contribution is -2.49. The van der Waals surface area contributed by atoms with E-state index in [9.17, 15) is 8.42 Å². The fourth-order valence-electron chi connectivity index (χ4n) is 1.34. The number of hydrogen-bond acceptors (Lipinski definition) is 4. The summed E-state index contributed by atoms with van der Waals surface area (Å²) >= 11 is 0. The summed E-state index contributed by atoms with van der Waals surface area (Å²) in [5, 5.41) is 0.152. The Labute approximate surface area is 112 Å². The third-order valence-corrected chi connectivity index (χ3v) is 9.86. The van der Waals surface area contributed by atoms with E-state index in [4.69, 9.17) is 9.16 Å². The Kier molecular flexibility index (Phi) is 4.65. The first kappa shape index (κ1) is 16.1. The van der Waals surface area contributed by atoms with Crippen molar-refractivity contribution in [1.29, 1.82) is 0 Å². The summed E-state index contributed by atoms with van der Waals surface area (Å²) in [5.74, 6) is -0.241. The molecule has 0 aromatic heterocycles. The average Bonchev–Trinajstić information content (AvgIpc) is 2.18. The summed E-state index contributed by atoms with van der Waals surface area (Å²) in [5.41, 5.74) is 0. The van der Waals surface area contributed by atoms with E-state index in [1.165, 1.54) is 4.31 Å². The second-order valence-corrected chi connectivity index (χ2v) is 13.2. The number of sulfonamides is 1. The molecule has 0 spiro atoms. The number of nitrogens with zero attached hydrogens (tertiary/aromatic N) is 1. The van der Waals surface area contributed by atoms with Gasteiger partial charge in [-0.1, -0.05) is 20.8 Å². The molecule has 1 heterocycles. The molecule has 5 nitrogen and oxygen atoms in total. The highest BCUT2D eigenvalue weighted by Crippen LogP contribution is 2.36. The molecule has 1 aliphatic rings. The van der Waals surface area contributed by atoms with Crippen LogP contribution in [0.5, 0.6) is 0 Å². The predicted molar refractivity (Wildman–Crippen MR) is 74.4 cm³/mol. The summed E-state index contributed by atoms with van der Waals surface area (Å²) in [6, 6.07) is 0. The van der Waals surface area contributed by atoms with Gasteiger partial charge in [0.25, 0.3) is 0 Å². The molecule has 7 heteroatoms. The topological polar surface area (TPSA) is 55.8 Å². The normalized spacial score (nSPS) is 26.2. The average molecular weight is 295 g/mol. The first-order chi connectivity index (χ1) is 7.96. The fourth-order valence-corrected chi connectivity index (χ4v) is 3.32. The van der Waals surface area contributed by atoms with Crippen molar-refractivity contribution in [2.75, 3.05) is 26.1 Å². The molecule has 1 saturated heterocycles. The highest BCUT2D eigenvalue weighted by Gasteiger charge is 2.38. The van der Waals surface area contributed by atoms with E-state index in [1.807, 2.05) is 0 Å². The fraction of sp³-hybridized carbons (Fsp3) is 1.00. The standard InChI is InChI=1S/C11H25NO4SSi/c1-11(2,3)18(5,6)16-8-10-7-12(4)17(13,14)9-15-10/h10H,7-9H2,1-6H3. The van der Waals surface area contributed by atoms with Gasteiger partial charge >= 0.3 is 0 Å². The van der Waals surface area contributed by atoms with Crippen LogP contribution in [-0.4, -0.2) is 53.3 Å². The van der Waals surface area contributed by atoms with Crippen LogP contribution in [0.25, 0.3) is 0 Å². The molecule has 0 aromatic rings. The van der Waals surface area contributed by atoms with Crippen LogP contribution < -0.4 is 0 Å². The van der Waals surface area contributed by atoms with Gasteiger partial charge in [-0.2, -0.15) is 0 Å². The molecule has 0 bridgehead atoms. The van der Waals surface area contributed by atoms with Crippen LogP contribution >= 0.6 is 0 Å². The monoisotopic (exact) mass is 295 g/mol. The maximum absolute atomic E-state index is 11.5. The van der Waals surface area contributed by atoms with E-state index >= 15 is 0 Å². The van der Waals surface area contributed by atoms with Crippen molar-refractivity contribution in [2.45, 2.75) is 45.0 Å². The third-order valence-electron chi connectivity index (χ3n) is 3.82. The SMILES string of the molecule is CN1CC(CO[Si](C)(C)C(C)(C)C)OCS1(=O)=O. The Morgan fingerprint density at radius 2 is 1.94 bits per heavy atom. The summed E-state index contributed by atoms with van der Waals surface area (Å²) < 4.78 is 35.6. The highest BCUT2D eigenvalue weighted by molar-refractivity contribution is 7.88. The molecule has 0 N–H and O–H groups in total. The maximum Gasteiger partial charge on any atom is 0.238 e. The minimum atomic E-state index is -3.21. The minimum absolute atomic E-state index is 0.152. The molecule has 0 saturated carbocycles. The van der Waals surface area contributed by atoms with Crippen molar-refractivity contribution in [3.05, 3.63) is 0 Å². The largest absolute Gasteiger partial charge is 0.414 e. The molecule has 0 amide bonds.